The number of nitrogens with zero attached hydrogens (tertiary/aromatic N) is 1. The van der Waals surface area contributed by atoms with E-state index in [0.717, 1.165) is 22.2 Å². The summed E-state index contributed by atoms with van der Waals surface area (Å²) in [6.45, 7) is 0. The van der Waals surface area contributed by atoms with Crippen LogP contribution < -0.4 is 4.74 Å². The highest BCUT2D eigenvalue weighted by molar-refractivity contribution is 5.83. The number of hydrogen-bond acceptors (Lipinski definition) is 3. The van der Waals surface area contributed by atoms with E-state index in [1.54, 1.807) is 12.1 Å². The van der Waals surface area contributed by atoms with Crippen molar-refractivity contribution in [2.45, 2.75) is 6.36 Å². The molecule has 1 aromatic heterocycles. The van der Waals surface area contributed by atoms with Crippen LogP contribution in [0.1, 0.15) is 0 Å². The number of halogens is 3. The van der Waals surface area contributed by atoms with Crippen LogP contribution >= 0.6 is 0 Å². The topological polar surface area (TPSA) is 35.3 Å². The second kappa shape index (κ2) is 6.22. The first-order chi connectivity index (χ1) is 12.5. The van der Waals surface area contributed by atoms with Gasteiger partial charge in [-0.3, -0.25) is 0 Å². The predicted molar refractivity (Wildman–Crippen MR) is 91.6 cm³/mol. The summed E-state index contributed by atoms with van der Waals surface area (Å²) in [7, 11) is 0. The molecule has 4 aromatic rings. The number of fused-ring (bicyclic) bond motifs is 1. The van der Waals surface area contributed by atoms with Crippen LogP contribution in [0.3, 0.4) is 0 Å². The molecule has 4 rings (SSSR count). The lowest BCUT2D eigenvalue weighted by Crippen LogP contribution is -2.16. The molecule has 0 radical (unpaired) electrons. The Balaban J connectivity index is 1.74. The molecular formula is C20H12F3NO2. The highest BCUT2D eigenvalue weighted by Gasteiger charge is 2.31. The van der Waals surface area contributed by atoms with Crippen molar-refractivity contribution in [1.29, 1.82) is 0 Å². The van der Waals surface area contributed by atoms with Crippen molar-refractivity contribution in [3.8, 4) is 28.3 Å². The van der Waals surface area contributed by atoms with Gasteiger partial charge in [0.1, 0.15) is 11.3 Å². The molecule has 3 nitrogen and oxygen atoms in total. The Labute approximate surface area is 146 Å². The number of hydrogen-bond donors (Lipinski definition) is 0. The van der Waals surface area contributed by atoms with Crippen LogP contribution in [0.25, 0.3) is 33.7 Å². The molecule has 0 spiro atoms. The summed E-state index contributed by atoms with van der Waals surface area (Å²) in [5, 5.41) is 0. The zero-order chi connectivity index (χ0) is 18.1. The van der Waals surface area contributed by atoms with Crippen LogP contribution in [-0.2, 0) is 0 Å². The highest BCUT2D eigenvalue weighted by atomic mass is 19.4. The van der Waals surface area contributed by atoms with Gasteiger partial charge < -0.3 is 9.15 Å². The Morgan fingerprint density at radius 2 is 1.42 bits per heavy atom. The minimum atomic E-state index is -4.71. The van der Waals surface area contributed by atoms with Crippen LogP contribution in [0.4, 0.5) is 13.2 Å². The van der Waals surface area contributed by atoms with Gasteiger partial charge in [-0.1, -0.05) is 42.5 Å². The number of benzene rings is 3. The Bertz CT molecular complexity index is 1020. The summed E-state index contributed by atoms with van der Waals surface area (Å²) in [5.41, 5.74) is 3.71. The molecule has 0 aliphatic rings. The fourth-order valence-corrected chi connectivity index (χ4v) is 2.74. The standard InChI is InChI=1S/C20H12F3NO2/c21-20(22,23)26-14-11-9-13(10-12-14)15-5-1-2-6-16(15)19-24-17-7-3-4-8-18(17)25-19/h1-12H. The van der Waals surface area contributed by atoms with E-state index in [-0.39, 0.29) is 5.75 Å². The quantitative estimate of drug-likeness (QED) is 0.448. The summed E-state index contributed by atoms with van der Waals surface area (Å²) in [4.78, 5) is 4.50. The zero-order valence-corrected chi connectivity index (χ0v) is 13.3. The van der Waals surface area contributed by atoms with Crippen LogP contribution in [0, 0.1) is 0 Å². The monoisotopic (exact) mass is 355 g/mol. The Kier molecular flexibility index (Phi) is 3.88. The van der Waals surface area contributed by atoms with E-state index >= 15 is 0 Å². The van der Waals surface area contributed by atoms with E-state index in [2.05, 4.69) is 9.72 Å². The van der Waals surface area contributed by atoms with E-state index in [1.165, 1.54) is 12.1 Å². The molecule has 0 amide bonds. The molecule has 0 N–H and O–H groups in total. The molecular weight excluding hydrogens is 343 g/mol. The molecule has 0 atom stereocenters. The Morgan fingerprint density at radius 3 is 2.12 bits per heavy atom. The second-order valence-electron chi connectivity index (χ2n) is 5.60. The van der Waals surface area contributed by atoms with Gasteiger partial charge in [-0.25, -0.2) is 4.98 Å². The van der Waals surface area contributed by atoms with Crippen molar-refractivity contribution < 1.29 is 22.3 Å². The molecule has 0 bridgehead atoms. The van der Waals surface area contributed by atoms with Crippen molar-refractivity contribution in [2.75, 3.05) is 0 Å². The van der Waals surface area contributed by atoms with Crippen LogP contribution in [-0.4, -0.2) is 11.3 Å². The maximum Gasteiger partial charge on any atom is 0.573 e. The van der Waals surface area contributed by atoms with Crippen molar-refractivity contribution in [1.82, 2.24) is 4.98 Å². The van der Waals surface area contributed by atoms with Crippen LogP contribution in [0.2, 0.25) is 0 Å². The SMILES string of the molecule is FC(F)(F)Oc1ccc(-c2ccccc2-c2nc3ccccc3o2)cc1. The first kappa shape index (κ1) is 16.2. The molecule has 0 aliphatic carbocycles. The molecule has 1 heterocycles. The first-order valence-electron chi connectivity index (χ1n) is 7.81. The van der Waals surface area contributed by atoms with E-state index in [4.69, 9.17) is 4.42 Å². The normalized spacial score (nSPS) is 11.7. The van der Waals surface area contributed by atoms with Gasteiger partial charge >= 0.3 is 6.36 Å². The number of alkyl halides is 3. The van der Waals surface area contributed by atoms with Gasteiger partial charge in [0.05, 0.1) is 0 Å². The number of aromatic nitrogens is 1. The number of ether oxygens (including phenoxy) is 1. The summed E-state index contributed by atoms with van der Waals surface area (Å²) < 4.78 is 46.7. The summed E-state index contributed by atoms with van der Waals surface area (Å²) in [6, 6.07) is 20.6. The average molecular weight is 355 g/mol. The third kappa shape index (κ3) is 3.26. The number of rotatable bonds is 3. The van der Waals surface area contributed by atoms with E-state index in [0.29, 0.717) is 11.5 Å². The number of para-hydroxylation sites is 2. The summed E-state index contributed by atoms with van der Waals surface area (Å²) in [5.74, 6) is 0.193. The smallest absolute Gasteiger partial charge is 0.436 e. The maximum atomic E-state index is 12.3. The first-order valence-corrected chi connectivity index (χ1v) is 7.81. The average Bonchev–Trinajstić information content (AvgIpc) is 3.05. The Hall–Kier alpha value is -3.28. The van der Waals surface area contributed by atoms with Gasteiger partial charge in [-0.2, -0.15) is 0 Å². The molecule has 130 valence electrons. The van der Waals surface area contributed by atoms with E-state index in [1.807, 2.05) is 48.5 Å². The van der Waals surface area contributed by atoms with Crippen molar-refractivity contribution in [3.63, 3.8) is 0 Å². The lowest BCUT2D eigenvalue weighted by molar-refractivity contribution is -0.274. The van der Waals surface area contributed by atoms with Crippen molar-refractivity contribution >= 4 is 11.1 Å². The molecule has 0 unspecified atom stereocenters. The third-order valence-electron chi connectivity index (χ3n) is 3.85. The Morgan fingerprint density at radius 1 is 0.769 bits per heavy atom. The molecule has 0 saturated carbocycles. The molecule has 0 aliphatic heterocycles. The van der Waals surface area contributed by atoms with Crippen LogP contribution in [0.15, 0.2) is 77.2 Å². The van der Waals surface area contributed by atoms with Gasteiger partial charge in [-0.15, -0.1) is 13.2 Å². The zero-order valence-electron chi connectivity index (χ0n) is 13.3. The fourth-order valence-electron chi connectivity index (χ4n) is 2.74. The van der Waals surface area contributed by atoms with Gasteiger partial charge in [0.15, 0.2) is 5.58 Å². The number of oxazole rings is 1. The lowest BCUT2D eigenvalue weighted by atomic mass is 9.99. The lowest BCUT2D eigenvalue weighted by Gasteiger charge is -2.10. The molecule has 3 aromatic carbocycles. The van der Waals surface area contributed by atoms with Gasteiger partial charge in [0.2, 0.25) is 5.89 Å². The van der Waals surface area contributed by atoms with Gasteiger partial charge in [-0.05, 0) is 41.5 Å². The third-order valence-corrected chi connectivity index (χ3v) is 3.85. The highest BCUT2D eigenvalue weighted by Crippen LogP contribution is 2.34. The fraction of sp³-hybridized carbons (Fsp3) is 0.0500. The largest absolute Gasteiger partial charge is 0.573 e. The summed E-state index contributed by atoms with van der Waals surface area (Å²) in [6.07, 6.45) is -4.71. The van der Waals surface area contributed by atoms with E-state index in [9.17, 15) is 13.2 Å². The minimum Gasteiger partial charge on any atom is -0.436 e. The predicted octanol–water partition coefficient (Wildman–Crippen LogP) is 6.06. The molecule has 6 heteroatoms. The summed E-state index contributed by atoms with van der Waals surface area (Å²) >= 11 is 0. The molecule has 26 heavy (non-hydrogen) atoms. The van der Waals surface area contributed by atoms with Crippen molar-refractivity contribution in [2.24, 2.45) is 0 Å². The van der Waals surface area contributed by atoms with Crippen LogP contribution in [0.5, 0.6) is 5.75 Å². The van der Waals surface area contributed by atoms with Crippen molar-refractivity contribution in [3.05, 3.63) is 72.8 Å². The van der Waals surface area contributed by atoms with Gasteiger partial charge in [0.25, 0.3) is 0 Å². The minimum absolute atomic E-state index is 0.263. The molecule has 0 saturated heterocycles. The van der Waals surface area contributed by atoms with E-state index < -0.39 is 6.36 Å². The second-order valence-corrected chi connectivity index (χ2v) is 5.60. The maximum absolute atomic E-state index is 12.3. The molecule has 0 fully saturated rings. The van der Waals surface area contributed by atoms with Gasteiger partial charge in [0, 0.05) is 5.56 Å².